The first kappa shape index (κ1) is 21.7. The quantitative estimate of drug-likeness (QED) is 0.237. The first-order valence-electron chi connectivity index (χ1n) is 9.74. The molecule has 7 N–H and O–H groups in total. The third-order valence-corrected chi connectivity index (χ3v) is 5.29. The molecule has 1 aliphatic rings. The zero-order chi connectivity index (χ0) is 21.5. The molecule has 0 aliphatic carbocycles. The van der Waals surface area contributed by atoms with Crippen molar-refractivity contribution in [2.24, 2.45) is 11.5 Å². The van der Waals surface area contributed by atoms with Crippen LogP contribution in [0, 0.1) is 5.41 Å². The SMILES string of the molecule is N=C(/C(N)=C/c1cccc(CN2CCOCC2)c1)c1cc(C(C=S)=CN)ccc1N. The van der Waals surface area contributed by atoms with Gasteiger partial charge >= 0.3 is 0 Å². The molecule has 30 heavy (non-hydrogen) atoms. The molecule has 0 radical (unpaired) electrons. The minimum absolute atomic E-state index is 0.161. The van der Waals surface area contributed by atoms with Gasteiger partial charge in [-0.3, -0.25) is 10.3 Å². The maximum Gasteiger partial charge on any atom is 0.0862 e. The van der Waals surface area contributed by atoms with Gasteiger partial charge in [0, 0.05) is 48.0 Å². The minimum Gasteiger partial charge on any atom is -0.404 e. The average Bonchev–Trinajstić information content (AvgIpc) is 2.76. The molecule has 6 nitrogen and oxygen atoms in total. The van der Waals surface area contributed by atoms with Gasteiger partial charge in [-0.25, -0.2) is 0 Å². The van der Waals surface area contributed by atoms with E-state index in [1.165, 1.54) is 17.1 Å². The molecule has 2 aromatic carbocycles. The van der Waals surface area contributed by atoms with Gasteiger partial charge in [0.05, 0.1) is 24.6 Å². The first-order valence-corrected chi connectivity index (χ1v) is 10.2. The highest BCUT2D eigenvalue weighted by Gasteiger charge is 2.13. The van der Waals surface area contributed by atoms with E-state index in [1.54, 1.807) is 18.2 Å². The van der Waals surface area contributed by atoms with Crippen LogP contribution in [0.4, 0.5) is 5.69 Å². The van der Waals surface area contributed by atoms with Gasteiger partial charge < -0.3 is 21.9 Å². The van der Waals surface area contributed by atoms with Crippen molar-refractivity contribution in [2.75, 3.05) is 32.0 Å². The monoisotopic (exact) mass is 421 g/mol. The summed E-state index contributed by atoms with van der Waals surface area (Å²) in [6.45, 7) is 4.28. The number of nitrogen functional groups attached to an aromatic ring is 1. The highest BCUT2D eigenvalue weighted by molar-refractivity contribution is 7.79. The molecule has 1 fully saturated rings. The Balaban J connectivity index is 1.81. The lowest BCUT2D eigenvalue weighted by atomic mass is 9.98. The Morgan fingerprint density at radius 1 is 1.17 bits per heavy atom. The van der Waals surface area contributed by atoms with E-state index in [0.717, 1.165) is 44.0 Å². The maximum absolute atomic E-state index is 8.55. The summed E-state index contributed by atoms with van der Waals surface area (Å²) in [5.41, 5.74) is 23.1. The highest BCUT2D eigenvalue weighted by atomic mass is 32.1. The van der Waals surface area contributed by atoms with Gasteiger partial charge in [-0.2, -0.15) is 0 Å². The van der Waals surface area contributed by atoms with Crippen molar-refractivity contribution in [3.05, 3.63) is 76.6 Å². The van der Waals surface area contributed by atoms with Gasteiger partial charge in [-0.15, -0.1) is 0 Å². The number of benzene rings is 2. The summed E-state index contributed by atoms with van der Waals surface area (Å²) in [5, 5.41) is 10.1. The van der Waals surface area contributed by atoms with Crippen LogP contribution in [0.1, 0.15) is 22.3 Å². The van der Waals surface area contributed by atoms with E-state index in [-0.39, 0.29) is 5.71 Å². The molecule has 156 valence electrons. The lowest BCUT2D eigenvalue weighted by Gasteiger charge is -2.26. The molecule has 1 heterocycles. The summed E-state index contributed by atoms with van der Waals surface area (Å²) in [6, 6.07) is 13.5. The van der Waals surface area contributed by atoms with Crippen molar-refractivity contribution in [3.63, 3.8) is 0 Å². The highest BCUT2D eigenvalue weighted by Crippen LogP contribution is 2.22. The van der Waals surface area contributed by atoms with Crippen LogP contribution >= 0.6 is 12.2 Å². The Kier molecular flexibility index (Phi) is 7.35. The normalized spacial score (nSPS) is 15.7. The molecule has 7 heteroatoms. The molecular formula is C23H27N5OS. The van der Waals surface area contributed by atoms with Crippen molar-refractivity contribution in [1.29, 1.82) is 5.41 Å². The second-order valence-electron chi connectivity index (χ2n) is 7.15. The van der Waals surface area contributed by atoms with Crippen molar-refractivity contribution in [2.45, 2.75) is 6.54 Å². The molecule has 1 saturated heterocycles. The molecule has 0 unspecified atom stereocenters. The lowest BCUT2D eigenvalue weighted by Crippen LogP contribution is -2.35. The van der Waals surface area contributed by atoms with E-state index in [2.05, 4.69) is 17.0 Å². The Hall–Kier alpha value is -3.00. The molecule has 0 spiro atoms. The van der Waals surface area contributed by atoms with E-state index in [4.69, 9.17) is 39.6 Å². The molecular weight excluding hydrogens is 394 g/mol. The second-order valence-corrected chi connectivity index (χ2v) is 7.39. The van der Waals surface area contributed by atoms with Crippen molar-refractivity contribution in [3.8, 4) is 0 Å². The molecule has 0 atom stereocenters. The van der Waals surface area contributed by atoms with Gasteiger partial charge in [0.2, 0.25) is 0 Å². The largest absolute Gasteiger partial charge is 0.404 e. The average molecular weight is 422 g/mol. The number of nitrogens with one attached hydrogen (secondary N) is 1. The number of morpholine rings is 1. The third kappa shape index (κ3) is 5.33. The lowest BCUT2D eigenvalue weighted by molar-refractivity contribution is 0.0342. The van der Waals surface area contributed by atoms with Crippen LogP contribution in [0.15, 0.2) is 54.4 Å². The predicted octanol–water partition coefficient (Wildman–Crippen LogP) is 2.77. The molecule has 3 rings (SSSR count). The van der Waals surface area contributed by atoms with E-state index in [1.807, 2.05) is 18.2 Å². The van der Waals surface area contributed by atoms with Crippen molar-refractivity contribution < 1.29 is 4.74 Å². The fourth-order valence-electron chi connectivity index (χ4n) is 3.36. The summed E-state index contributed by atoms with van der Waals surface area (Å²) in [7, 11) is 0. The summed E-state index contributed by atoms with van der Waals surface area (Å²) in [4.78, 5) is 2.36. The number of thiocarbonyl (C=S) groups is 1. The summed E-state index contributed by atoms with van der Waals surface area (Å²) < 4.78 is 5.41. The van der Waals surface area contributed by atoms with Crippen LogP contribution in [-0.2, 0) is 11.3 Å². The number of anilines is 1. The molecule has 0 bridgehead atoms. The zero-order valence-corrected chi connectivity index (χ0v) is 17.6. The van der Waals surface area contributed by atoms with Gasteiger partial charge in [0.1, 0.15) is 0 Å². The topological polar surface area (TPSA) is 114 Å². The van der Waals surface area contributed by atoms with E-state index >= 15 is 0 Å². The smallest absolute Gasteiger partial charge is 0.0862 e. The fourth-order valence-corrected chi connectivity index (χ4v) is 3.58. The molecule has 2 aromatic rings. The van der Waals surface area contributed by atoms with Crippen LogP contribution < -0.4 is 17.2 Å². The number of ether oxygens (including phenoxy) is 1. The van der Waals surface area contributed by atoms with Crippen molar-refractivity contribution in [1.82, 2.24) is 4.90 Å². The molecule has 1 aliphatic heterocycles. The second kappa shape index (κ2) is 10.2. The fraction of sp³-hybridized carbons (Fsp3) is 0.217. The summed E-state index contributed by atoms with van der Waals surface area (Å²) in [6.07, 6.45) is 3.24. The van der Waals surface area contributed by atoms with Crippen LogP contribution in [0.2, 0.25) is 0 Å². The minimum atomic E-state index is 0.161. The zero-order valence-electron chi connectivity index (χ0n) is 16.8. The van der Waals surface area contributed by atoms with Gasteiger partial charge in [-0.1, -0.05) is 42.5 Å². The van der Waals surface area contributed by atoms with Crippen LogP contribution in [0.5, 0.6) is 0 Å². The third-order valence-electron chi connectivity index (χ3n) is 5.03. The van der Waals surface area contributed by atoms with Gasteiger partial charge in [0.25, 0.3) is 0 Å². The molecule has 0 aromatic heterocycles. The Labute approximate surface area is 182 Å². The Morgan fingerprint density at radius 2 is 1.93 bits per heavy atom. The van der Waals surface area contributed by atoms with Crippen molar-refractivity contribution >= 4 is 40.6 Å². The van der Waals surface area contributed by atoms with Crippen LogP contribution in [0.3, 0.4) is 0 Å². The summed E-state index contributed by atoms with van der Waals surface area (Å²) >= 11 is 5.00. The maximum atomic E-state index is 8.55. The molecule has 0 amide bonds. The van der Waals surface area contributed by atoms with E-state index in [9.17, 15) is 0 Å². The number of nitrogens with two attached hydrogens (primary N) is 3. The first-order chi connectivity index (χ1) is 14.5. The van der Waals surface area contributed by atoms with Crippen LogP contribution in [-0.4, -0.2) is 42.3 Å². The number of allylic oxidation sites excluding steroid dienone is 2. The van der Waals surface area contributed by atoms with E-state index < -0.39 is 0 Å². The number of hydrogen-bond donors (Lipinski definition) is 4. The summed E-state index contributed by atoms with van der Waals surface area (Å²) in [5.74, 6) is 0. The Morgan fingerprint density at radius 3 is 2.63 bits per heavy atom. The standard InChI is InChI=1S/C23H27N5OS/c24-13-19(15-30)18-4-5-21(25)20(12-18)23(27)22(26)11-16-2-1-3-17(10-16)14-28-6-8-29-9-7-28/h1-5,10-13,15,27H,6-9,14,24-26H2/b19-13?,22-11-,27-23?. The number of hydrogen-bond acceptors (Lipinski definition) is 7. The molecule has 0 saturated carbocycles. The van der Waals surface area contributed by atoms with Gasteiger partial charge in [0.15, 0.2) is 0 Å². The predicted molar refractivity (Wildman–Crippen MR) is 128 cm³/mol. The Bertz CT molecular complexity index is 993. The van der Waals surface area contributed by atoms with E-state index in [0.29, 0.717) is 22.5 Å². The van der Waals surface area contributed by atoms with Gasteiger partial charge in [-0.05, 0) is 34.9 Å². The van der Waals surface area contributed by atoms with Crippen LogP contribution in [0.25, 0.3) is 11.6 Å². The number of nitrogens with zero attached hydrogens (tertiary/aromatic N) is 1. The number of rotatable bonds is 7.